The highest BCUT2D eigenvalue weighted by molar-refractivity contribution is 5.39. The molecule has 4 heteroatoms. The van der Waals surface area contributed by atoms with Gasteiger partial charge in [0.15, 0.2) is 0 Å². The summed E-state index contributed by atoms with van der Waals surface area (Å²) in [6.07, 6.45) is 1.53. The first-order valence-electron chi connectivity index (χ1n) is 6.07. The number of hydrogen-bond acceptors (Lipinski definition) is 4. The van der Waals surface area contributed by atoms with Gasteiger partial charge in [-0.15, -0.1) is 0 Å². The highest BCUT2D eigenvalue weighted by atomic mass is 16.5. The van der Waals surface area contributed by atoms with E-state index in [-0.39, 0.29) is 12.6 Å². The first-order chi connectivity index (χ1) is 8.26. The maximum atomic E-state index is 9.86. The number of hydrogen-bond donors (Lipinski definition) is 3. The Bertz CT molecular complexity index is 382. The number of aryl methyl sites for hydroxylation is 1. The van der Waals surface area contributed by atoms with Crippen molar-refractivity contribution in [3.8, 4) is 5.75 Å². The molecule has 2 unspecified atom stereocenters. The van der Waals surface area contributed by atoms with Gasteiger partial charge in [0.05, 0.1) is 18.8 Å². The second-order valence-corrected chi connectivity index (χ2v) is 4.39. The summed E-state index contributed by atoms with van der Waals surface area (Å²) in [5.41, 5.74) is 7.79. The van der Waals surface area contributed by atoms with Crippen LogP contribution in [0.4, 0.5) is 0 Å². The number of nitrogens with one attached hydrogen (secondary N) is 1. The Kier molecular flexibility index (Phi) is 3.99. The molecule has 0 aromatic heterocycles. The topological polar surface area (TPSA) is 67.5 Å². The molecular formula is C13H20N2O2. The summed E-state index contributed by atoms with van der Waals surface area (Å²) in [4.78, 5) is 0. The normalized spacial score (nSPS) is 18.1. The Labute approximate surface area is 102 Å². The summed E-state index contributed by atoms with van der Waals surface area (Å²) < 4.78 is 5.57. The fourth-order valence-corrected chi connectivity index (χ4v) is 2.29. The van der Waals surface area contributed by atoms with E-state index in [1.165, 1.54) is 5.56 Å². The van der Waals surface area contributed by atoms with E-state index in [4.69, 9.17) is 10.5 Å². The Morgan fingerprint density at radius 1 is 1.53 bits per heavy atom. The highest BCUT2D eigenvalue weighted by Gasteiger charge is 2.20. The molecule has 0 fully saturated rings. The highest BCUT2D eigenvalue weighted by Crippen LogP contribution is 2.28. The number of rotatable bonds is 4. The third-order valence-electron chi connectivity index (χ3n) is 3.23. The van der Waals surface area contributed by atoms with E-state index in [1.807, 2.05) is 19.2 Å². The molecule has 4 N–H and O–H groups in total. The molecule has 94 valence electrons. The average molecular weight is 236 g/mol. The van der Waals surface area contributed by atoms with Crippen molar-refractivity contribution >= 4 is 0 Å². The van der Waals surface area contributed by atoms with Gasteiger partial charge >= 0.3 is 0 Å². The Balaban J connectivity index is 2.25. The number of fused-ring (bicyclic) bond motifs is 1. The molecule has 1 heterocycles. The fourth-order valence-electron chi connectivity index (χ4n) is 2.29. The third kappa shape index (κ3) is 2.60. The van der Waals surface area contributed by atoms with Crippen LogP contribution in [0, 0.1) is 0 Å². The van der Waals surface area contributed by atoms with Gasteiger partial charge in [0.1, 0.15) is 5.75 Å². The van der Waals surface area contributed by atoms with Gasteiger partial charge in [-0.3, -0.25) is 0 Å². The van der Waals surface area contributed by atoms with Crippen LogP contribution in [-0.2, 0) is 6.42 Å². The van der Waals surface area contributed by atoms with Crippen LogP contribution in [0.1, 0.15) is 23.6 Å². The summed E-state index contributed by atoms with van der Waals surface area (Å²) >= 11 is 0. The van der Waals surface area contributed by atoms with E-state index >= 15 is 0 Å². The van der Waals surface area contributed by atoms with Gasteiger partial charge < -0.3 is 20.9 Å². The molecule has 0 saturated carbocycles. The molecule has 1 aliphatic heterocycles. The minimum absolute atomic E-state index is 0.118. The standard InChI is InChI=1S/C13H20N2O2/c1-15-13(11(16)8-14)10-4-5-12-9(7-10)3-2-6-17-12/h4-5,7,11,13,15-16H,2-3,6,8,14H2,1H3. The van der Waals surface area contributed by atoms with Gasteiger partial charge in [-0.1, -0.05) is 12.1 Å². The zero-order valence-electron chi connectivity index (χ0n) is 10.1. The van der Waals surface area contributed by atoms with Crippen LogP contribution in [0.3, 0.4) is 0 Å². The van der Waals surface area contributed by atoms with Crippen molar-refractivity contribution in [1.82, 2.24) is 5.32 Å². The molecule has 2 rings (SSSR count). The van der Waals surface area contributed by atoms with E-state index in [9.17, 15) is 5.11 Å². The van der Waals surface area contributed by atoms with Gasteiger partial charge in [-0.05, 0) is 37.1 Å². The van der Waals surface area contributed by atoms with Crippen LogP contribution in [0.2, 0.25) is 0 Å². The number of ether oxygens (including phenoxy) is 1. The molecular weight excluding hydrogens is 216 g/mol. The Hall–Kier alpha value is -1.10. The first-order valence-corrected chi connectivity index (χ1v) is 6.07. The summed E-state index contributed by atoms with van der Waals surface area (Å²) in [6, 6.07) is 5.96. The lowest BCUT2D eigenvalue weighted by molar-refractivity contribution is 0.139. The summed E-state index contributed by atoms with van der Waals surface area (Å²) in [7, 11) is 1.83. The van der Waals surface area contributed by atoms with Crippen LogP contribution in [0.5, 0.6) is 5.75 Å². The molecule has 4 nitrogen and oxygen atoms in total. The van der Waals surface area contributed by atoms with Crippen molar-refractivity contribution in [2.75, 3.05) is 20.2 Å². The number of aliphatic hydroxyl groups excluding tert-OH is 1. The zero-order valence-corrected chi connectivity index (χ0v) is 10.1. The minimum Gasteiger partial charge on any atom is -0.493 e. The monoisotopic (exact) mass is 236 g/mol. The van der Waals surface area contributed by atoms with E-state index in [2.05, 4.69) is 11.4 Å². The smallest absolute Gasteiger partial charge is 0.122 e. The summed E-state index contributed by atoms with van der Waals surface area (Å²) in [5.74, 6) is 0.970. The second-order valence-electron chi connectivity index (χ2n) is 4.39. The average Bonchev–Trinajstić information content (AvgIpc) is 2.39. The first kappa shape index (κ1) is 12.4. The Morgan fingerprint density at radius 3 is 3.06 bits per heavy atom. The predicted molar refractivity (Wildman–Crippen MR) is 67.1 cm³/mol. The molecule has 1 aromatic carbocycles. The summed E-state index contributed by atoms with van der Waals surface area (Å²) in [5, 5.41) is 13.0. The second kappa shape index (κ2) is 5.49. The SMILES string of the molecule is CNC(c1ccc2c(c1)CCCO2)C(O)CN. The van der Waals surface area contributed by atoms with Crippen molar-refractivity contribution in [3.63, 3.8) is 0 Å². The van der Waals surface area contributed by atoms with Crippen LogP contribution >= 0.6 is 0 Å². The van der Waals surface area contributed by atoms with Crippen molar-refractivity contribution in [2.45, 2.75) is 25.0 Å². The number of nitrogens with two attached hydrogens (primary N) is 1. The lowest BCUT2D eigenvalue weighted by atomic mass is 9.96. The van der Waals surface area contributed by atoms with Crippen LogP contribution in [0.15, 0.2) is 18.2 Å². The van der Waals surface area contributed by atoms with Gasteiger partial charge in [0.25, 0.3) is 0 Å². The van der Waals surface area contributed by atoms with Crippen molar-refractivity contribution in [2.24, 2.45) is 5.73 Å². The van der Waals surface area contributed by atoms with Crippen molar-refractivity contribution < 1.29 is 9.84 Å². The fraction of sp³-hybridized carbons (Fsp3) is 0.538. The molecule has 1 aliphatic rings. The maximum absolute atomic E-state index is 9.86. The predicted octanol–water partition coefficient (Wildman–Crippen LogP) is 0.592. The lowest BCUT2D eigenvalue weighted by Gasteiger charge is -2.24. The number of aliphatic hydroxyl groups is 1. The van der Waals surface area contributed by atoms with E-state index in [1.54, 1.807) is 0 Å². The summed E-state index contributed by atoms with van der Waals surface area (Å²) in [6.45, 7) is 1.05. The zero-order chi connectivity index (χ0) is 12.3. The van der Waals surface area contributed by atoms with Gasteiger partial charge in [-0.2, -0.15) is 0 Å². The van der Waals surface area contributed by atoms with Gasteiger partial charge in [0.2, 0.25) is 0 Å². The van der Waals surface area contributed by atoms with Crippen LogP contribution in [0.25, 0.3) is 0 Å². The van der Waals surface area contributed by atoms with Crippen molar-refractivity contribution in [1.29, 1.82) is 0 Å². The largest absolute Gasteiger partial charge is 0.493 e. The minimum atomic E-state index is -0.567. The maximum Gasteiger partial charge on any atom is 0.122 e. The molecule has 0 saturated heterocycles. The number of benzene rings is 1. The van der Waals surface area contributed by atoms with Crippen molar-refractivity contribution in [3.05, 3.63) is 29.3 Å². The van der Waals surface area contributed by atoms with E-state index in [0.717, 1.165) is 30.8 Å². The van der Waals surface area contributed by atoms with E-state index < -0.39 is 6.10 Å². The molecule has 0 bridgehead atoms. The van der Waals surface area contributed by atoms with Crippen LogP contribution in [-0.4, -0.2) is 31.4 Å². The molecule has 1 aromatic rings. The van der Waals surface area contributed by atoms with Crippen LogP contribution < -0.4 is 15.8 Å². The van der Waals surface area contributed by atoms with Gasteiger partial charge in [0, 0.05) is 6.54 Å². The molecule has 0 radical (unpaired) electrons. The van der Waals surface area contributed by atoms with E-state index in [0.29, 0.717) is 0 Å². The quantitative estimate of drug-likeness (QED) is 0.716. The van der Waals surface area contributed by atoms with Gasteiger partial charge in [-0.25, -0.2) is 0 Å². The third-order valence-corrected chi connectivity index (χ3v) is 3.23. The molecule has 2 atom stereocenters. The molecule has 0 spiro atoms. The Morgan fingerprint density at radius 2 is 2.35 bits per heavy atom. The lowest BCUT2D eigenvalue weighted by Crippen LogP contribution is -2.35. The molecule has 17 heavy (non-hydrogen) atoms. The molecule has 0 aliphatic carbocycles. The number of likely N-dealkylation sites (N-methyl/N-ethyl adjacent to an activating group) is 1. The molecule has 0 amide bonds.